The third kappa shape index (κ3) is 5.52. The van der Waals surface area contributed by atoms with E-state index >= 15 is 0 Å². The highest BCUT2D eigenvalue weighted by Gasteiger charge is 2.26. The summed E-state index contributed by atoms with van der Waals surface area (Å²) in [5.41, 5.74) is 1.19. The molecule has 0 atom stereocenters. The topological polar surface area (TPSA) is 92.8 Å². The van der Waals surface area contributed by atoms with Crippen molar-refractivity contribution >= 4 is 33.7 Å². The van der Waals surface area contributed by atoms with Crippen LogP contribution in [0, 0.1) is 0 Å². The summed E-state index contributed by atoms with van der Waals surface area (Å²) in [6.07, 6.45) is 4.70. The summed E-state index contributed by atoms with van der Waals surface area (Å²) in [5, 5.41) is 2.69. The molecule has 0 bridgehead atoms. The normalized spacial score (nSPS) is 14.8. The minimum absolute atomic E-state index is 0.218. The number of anilines is 1. The van der Waals surface area contributed by atoms with E-state index in [1.165, 1.54) is 29.4 Å². The largest absolute Gasteiger partial charge is 0.427 e. The number of rotatable bonds is 6. The first kappa shape index (κ1) is 20.8. The molecule has 1 aliphatic heterocycles. The van der Waals surface area contributed by atoms with Crippen LogP contribution in [0.4, 0.5) is 5.69 Å². The molecule has 1 aliphatic rings. The van der Waals surface area contributed by atoms with Crippen molar-refractivity contribution in [1.82, 2.24) is 4.31 Å². The number of carbonyl (C=O) groups excluding carboxylic acids is 2. The average molecular weight is 414 g/mol. The predicted octanol–water partition coefficient (Wildman–Crippen LogP) is 3.05. The van der Waals surface area contributed by atoms with Gasteiger partial charge in [-0.3, -0.25) is 9.59 Å². The molecule has 0 radical (unpaired) electrons. The number of hydrogen-bond acceptors (Lipinski definition) is 5. The molecule has 152 valence electrons. The molecule has 8 heteroatoms. The molecule has 0 aliphatic carbocycles. The SMILES string of the molecule is CC(=O)Oc1cccc(C=CC(=O)Nc2ccc(S(=O)(=O)N3CCCC3)cc2)c1. The first-order valence-corrected chi connectivity index (χ1v) is 10.7. The number of nitrogens with zero attached hydrogens (tertiary/aromatic N) is 1. The molecule has 0 aromatic heterocycles. The Morgan fingerprint density at radius 1 is 1.07 bits per heavy atom. The highest BCUT2D eigenvalue weighted by molar-refractivity contribution is 7.89. The Balaban J connectivity index is 1.62. The molecule has 29 heavy (non-hydrogen) atoms. The van der Waals surface area contributed by atoms with E-state index in [1.807, 2.05) is 0 Å². The maximum absolute atomic E-state index is 12.5. The predicted molar refractivity (Wildman–Crippen MR) is 110 cm³/mol. The van der Waals surface area contributed by atoms with Gasteiger partial charge in [0.05, 0.1) is 4.90 Å². The van der Waals surface area contributed by atoms with Crippen molar-refractivity contribution in [1.29, 1.82) is 0 Å². The second-order valence-electron chi connectivity index (χ2n) is 6.62. The van der Waals surface area contributed by atoms with Gasteiger partial charge in [0.25, 0.3) is 0 Å². The number of esters is 1. The van der Waals surface area contributed by atoms with Crippen molar-refractivity contribution in [3.05, 3.63) is 60.2 Å². The van der Waals surface area contributed by atoms with Gasteiger partial charge in [0.15, 0.2) is 0 Å². The summed E-state index contributed by atoms with van der Waals surface area (Å²) in [6, 6.07) is 12.9. The van der Waals surface area contributed by atoms with Crippen LogP contribution in [0.3, 0.4) is 0 Å². The Morgan fingerprint density at radius 2 is 1.76 bits per heavy atom. The molecule has 1 amide bonds. The van der Waals surface area contributed by atoms with Gasteiger partial charge in [-0.2, -0.15) is 4.31 Å². The Bertz CT molecular complexity index is 1020. The molecule has 0 saturated carbocycles. The molecule has 1 saturated heterocycles. The molecule has 2 aromatic carbocycles. The summed E-state index contributed by atoms with van der Waals surface area (Å²) in [5.74, 6) is -0.382. The Kier molecular flexibility index (Phi) is 6.46. The van der Waals surface area contributed by atoms with Crippen LogP contribution in [0.5, 0.6) is 5.75 Å². The van der Waals surface area contributed by atoms with Crippen LogP contribution in [-0.4, -0.2) is 37.7 Å². The van der Waals surface area contributed by atoms with E-state index in [0.717, 1.165) is 12.8 Å². The number of ether oxygens (including phenoxy) is 1. The maximum atomic E-state index is 12.5. The lowest BCUT2D eigenvalue weighted by Gasteiger charge is -2.15. The molecule has 1 heterocycles. The zero-order chi connectivity index (χ0) is 20.9. The average Bonchev–Trinajstić information content (AvgIpc) is 3.22. The fourth-order valence-electron chi connectivity index (χ4n) is 2.99. The lowest BCUT2D eigenvalue weighted by Crippen LogP contribution is -2.27. The van der Waals surface area contributed by atoms with Crippen LogP contribution in [0.25, 0.3) is 6.08 Å². The number of benzene rings is 2. The molecule has 3 rings (SSSR count). The molecule has 0 unspecified atom stereocenters. The third-order valence-corrected chi connectivity index (χ3v) is 6.28. The van der Waals surface area contributed by atoms with Gasteiger partial charge in [0.2, 0.25) is 15.9 Å². The van der Waals surface area contributed by atoms with E-state index in [9.17, 15) is 18.0 Å². The standard InChI is InChI=1S/C21H22N2O5S/c1-16(24)28-19-6-4-5-17(15-19)7-12-21(25)22-18-8-10-20(11-9-18)29(26,27)23-13-2-3-14-23/h4-12,15H,2-3,13-14H2,1H3,(H,22,25). The fraction of sp³-hybridized carbons (Fsp3) is 0.238. The number of carbonyl (C=O) groups is 2. The maximum Gasteiger partial charge on any atom is 0.308 e. The van der Waals surface area contributed by atoms with Crippen LogP contribution in [0.2, 0.25) is 0 Å². The van der Waals surface area contributed by atoms with Gasteiger partial charge in [-0.05, 0) is 60.9 Å². The summed E-state index contributed by atoms with van der Waals surface area (Å²) in [6.45, 7) is 2.41. The van der Waals surface area contributed by atoms with Crippen LogP contribution in [0.1, 0.15) is 25.3 Å². The molecule has 0 spiro atoms. The van der Waals surface area contributed by atoms with Crippen molar-refractivity contribution in [2.45, 2.75) is 24.7 Å². The highest BCUT2D eigenvalue weighted by atomic mass is 32.2. The second kappa shape index (κ2) is 9.02. The monoisotopic (exact) mass is 414 g/mol. The summed E-state index contributed by atoms with van der Waals surface area (Å²) < 4.78 is 31.5. The van der Waals surface area contributed by atoms with Gasteiger partial charge < -0.3 is 10.1 Å². The molecule has 1 N–H and O–H groups in total. The minimum atomic E-state index is -3.47. The van der Waals surface area contributed by atoms with Gasteiger partial charge in [0.1, 0.15) is 5.75 Å². The van der Waals surface area contributed by atoms with E-state index in [1.54, 1.807) is 42.5 Å². The third-order valence-electron chi connectivity index (χ3n) is 4.37. The van der Waals surface area contributed by atoms with E-state index in [0.29, 0.717) is 30.1 Å². The lowest BCUT2D eigenvalue weighted by molar-refractivity contribution is -0.131. The minimum Gasteiger partial charge on any atom is -0.427 e. The summed E-state index contributed by atoms with van der Waals surface area (Å²) in [4.78, 5) is 23.4. The summed E-state index contributed by atoms with van der Waals surface area (Å²) in [7, 11) is -3.47. The van der Waals surface area contributed by atoms with Crippen LogP contribution < -0.4 is 10.1 Å². The van der Waals surface area contributed by atoms with Gasteiger partial charge in [-0.25, -0.2) is 8.42 Å². The van der Waals surface area contributed by atoms with E-state index in [-0.39, 0.29) is 10.8 Å². The van der Waals surface area contributed by atoms with Gasteiger partial charge in [0, 0.05) is 31.8 Å². The van der Waals surface area contributed by atoms with Gasteiger partial charge >= 0.3 is 5.97 Å². The quantitative estimate of drug-likeness (QED) is 0.446. The van der Waals surface area contributed by atoms with Gasteiger partial charge in [-0.1, -0.05) is 12.1 Å². The first-order valence-electron chi connectivity index (χ1n) is 9.22. The number of hydrogen-bond donors (Lipinski definition) is 1. The zero-order valence-corrected chi connectivity index (χ0v) is 16.8. The number of sulfonamides is 1. The first-order chi connectivity index (χ1) is 13.8. The number of nitrogens with one attached hydrogen (secondary N) is 1. The van der Waals surface area contributed by atoms with Crippen molar-refractivity contribution in [2.75, 3.05) is 18.4 Å². The van der Waals surface area contributed by atoms with E-state index < -0.39 is 16.0 Å². The van der Waals surface area contributed by atoms with Crippen molar-refractivity contribution in [3.8, 4) is 5.75 Å². The molecular weight excluding hydrogens is 392 g/mol. The Labute approximate surface area is 170 Å². The van der Waals surface area contributed by atoms with Crippen molar-refractivity contribution in [2.24, 2.45) is 0 Å². The zero-order valence-electron chi connectivity index (χ0n) is 16.0. The van der Waals surface area contributed by atoms with Crippen LogP contribution in [0.15, 0.2) is 59.5 Å². The Morgan fingerprint density at radius 3 is 2.41 bits per heavy atom. The smallest absolute Gasteiger partial charge is 0.308 e. The highest BCUT2D eigenvalue weighted by Crippen LogP contribution is 2.22. The van der Waals surface area contributed by atoms with Crippen LogP contribution in [-0.2, 0) is 19.6 Å². The molecule has 7 nitrogen and oxygen atoms in total. The molecule has 1 fully saturated rings. The van der Waals surface area contributed by atoms with E-state index in [4.69, 9.17) is 4.74 Å². The van der Waals surface area contributed by atoms with Crippen molar-refractivity contribution < 1.29 is 22.7 Å². The fourth-order valence-corrected chi connectivity index (χ4v) is 4.51. The van der Waals surface area contributed by atoms with Crippen molar-refractivity contribution in [3.63, 3.8) is 0 Å². The van der Waals surface area contributed by atoms with E-state index in [2.05, 4.69) is 5.32 Å². The Hall–Kier alpha value is -2.97. The summed E-state index contributed by atoms with van der Waals surface area (Å²) >= 11 is 0. The molecule has 2 aromatic rings. The van der Waals surface area contributed by atoms with Gasteiger partial charge in [-0.15, -0.1) is 0 Å². The lowest BCUT2D eigenvalue weighted by atomic mass is 10.2. The second-order valence-corrected chi connectivity index (χ2v) is 8.56. The van der Waals surface area contributed by atoms with Crippen LogP contribution >= 0.6 is 0 Å². The number of amides is 1. The molecular formula is C21H22N2O5S.